The Balaban J connectivity index is 1.77. The lowest BCUT2D eigenvalue weighted by atomic mass is 9.79. The van der Waals surface area contributed by atoms with Gasteiger partial charge in [-0.25, -0.2) is 0 Å². The molecule has 3 heterocycles. The Morgan fingerprint density at radius 2 is 1.84 bits per heavy atom. The van der Waals surface area contributed by atoms with E-state index in [2.05, 4.69) is 31.8 Å². The first kappa shape index (κ1) is 24.6. The molecule has 0 radical (unpaired) electrons. The van der Waals surface area contributed by atoms with E-state index in [0.717, 1.165) is 31.4 Å². The van der Waals surface area contributed by atoms with Crippen molar-refractivity contribution in [2.75, 3.05) is 6.61 Å². The highest BCUT2D eigenvalue weighted by Crippen LogP contribution is 2.56. The highest BCUT2D eigenvalue weighted by atomic mass is 16.6. The van der Waals surface area contributed by atoms with Gasteiger partial charge in [0.1, 0.15) is 18.0 Å². The van der Waals surface area contributed by atoms with E-state index in [9.17, 15) is 9.59 Å². The zero-order valence-corrected chi connectivity index (χ0v) is 20.4. The summed E-state index contributed by atoms with van der Waals surface area (Å²) in [4.78, 5) is 29.6. The topological polar surface area (TPSA) is 68.8 Å². The minimum absolute atomic E-state index is 0.0709. The van der Waals surface area contributed by atoms with Crippen molar-refractivity contribution in [3.05, 3.63) is 36.2 Å². The number of carbonyl (C=O) groups excluding carboxylic acids is 2. The molecule has 4 unspecified atom stereocenters. The quantitative estimate of drug-likeness (QED) is 0.430. The van der Waals surface area contributed by atoms with E-state index in [1.807, 2.05) is 38.1 Å². The fourth-order valence-electron chi connectivity index (χ4n) is 4.75. The van der Waals surface area contributed by atoms with Crippen LogP contribution in [0.2, 0.25) is 0 Å². The summed E-state index contributed by atoms with van der Waals surface area (Å²) >= 11 is 0. The van der Waals surface area contributed by atoms with Crippen LogP contribution < -0.4 is 0 Å². The zero-order chi connectivity index (χ0) is 23.4. The molecule has 4 atom stereocenters. The number of esters is 1. The molecule has 2 fully saturated rings. The van der Waals surface area contributed by atoms with Crippen LogP contribution in [-0.4, -0.2) is 34.5 Å². The predicted octanol–water partition coefficient (Wildman–Crippen LogP) is 5.78. The number of carbonyl (C=O) groups is 2. The van der Waals surface area contributed by atoms with Gasteiger partial charge >= 0.3 is 5.97 Å². The summed E-state index contributed by atoms with van der Waals surface area (Å²) in [6.07, 6.45) is 11.2. The number of ether oxygens (including phenoxy) is 2. The van der Waals surface area contributed by atoms with Crippen molar-refractivity contribution < 1.29 is 19.1 Å². The Labute approximate surface area is 193 Å². The molecule has 176 valence electrons. The van der Waals surface area contributed by atoms with Crippen molar-refractivity contribution in [3.63, 3.8) is 0 Å². The number of epoxide rings is 1. The van der Waals surface area contributed by atoms with Crippen LogP contribution >= 0.6 is 0 Å². The van der Waals surface area contributed by atoms with E-state index in [0.29, 0.717) is 18.8 Å². The van der Waals surface area contributed by atoms with Crippen molar-refractivity contribution >= 4 is 17.8 Å². The molecule has 0 N–H and O–H groups in total. The molecular weight excluding hydrogens is 402 g/mol. The maximum absolute atomic E-state index is 12.7. The first-order chi connectivity index (χ1) is 15.1. The first-order valence-electron chi connectivity index (χ1n) is 12.0. The normalized spacial score (nSPS) is 34.7. The number of nitrogens with zero attached hydrogens (tertiary/aromatic N) is 1. The number of cyclic esters (lactones) is 1. The molecule has 0 bridgehead atoms. The van der Waals surface area contributed by atoms with Crippen LogP contribution in [0.3, 0.4) is 0 Å². The lowest BCUT2D eigenvalue weighted by Gasteiger charge is -2.25. The number of ketones is 1. The van der Waals surface area contributed by atoms with E-state index >= 15 is 0 Å². The third-order valence-corrected chi connectivity index (χ3v) is 7.69. The molecule has 32 heavy (non-hydrogen) atoms. The highest BCUT2D eigenvalue weighted by molar-refractivity contribution is 5.84. The van der Waals surface area contributed by atoms with Crippen LogP contribution in [-0.2, 0) is 19.1 Å². The summed E-state index contributed by atoms with van der Waals surface area (Å²) in [6.45, 7) is 10.7. The third-order valence-electron chi connectivity index (χ3n) is 7.69. The molecule has 5 heteroatoms. The van der Waals surface area contributed by atoms with Crippen molar-refractivity contribution in [1.29, 1.82) is 0 Å². The molecule has 2 aliphatic rings. The van der Waals surface area contributed by atoms with Gasteiger partial charge in [-0.2, -0.15) is 0 Å². The average molecular weight is 442 g/mol. The van der Waals surface area contributed by atoms with E-state index < -0.39 is 5.41 Å². The molecule has 0 aliphatic carbocycles. The second kappa shape index (κ2) is 9.86. The number of rotatable bonds is 2. The maximum Gasteiger partial charge on any atom is 0.305 e. The summed E-state index contributed by atoms with van der Waals surface area (Å²) < 4.78 is 12.0. The number of hydrogen-bond acceptors (Lipinski definition) is 5. The molecule has 0 spiro atoms. The summed E-state index contributed by atoms with van der Waals surface area (Å²) in [7, 11) is 0. The minimum atomic E-state index is -0.502. The van der Waals surface area contributed by atoms with Crippen molar-refractivity contribution in [2.24, 2.45) is 17.3 Å². The fraction of sp³-hybridized carbons (Fsp3) is 0.667. The van der Waals surface area contributed by atoms with Crippen molar-refractivity contribution in [2.45, 2.75) is 90.8 Å². The smallest absolute Gasteiger partial charge is 0.305 e. The summed E-state index contributed by atoms with van der Waals surface area (Å²) in [5, 5.41) is 0. The molecule has 3 rings (SSSR count). The van der Waals surface area contributed by atoms with Crippen LogP contribution in [0.1, 0.15) is 85.3 Å². The predicted molar refractivity (Wildman–Crippen MR) is 126 cm³/mol. The van der Waals surface area contributed by atoms with Gasteiger partial charge in [0, 0.05) is 30.4 Å². The van der Waals surface area contributed by atoms with Gasteiger partial charge in [0.25, 0.3) is 0 Å². The van der Waals surface area contributed by atoms with Crippen molar-refractivity contribution in [1.82, 2.24) is 4.98 Å². The second-order valence-corrected chi connectivity index (χ2v) is 10.7. The van der Waals surface area contributed by atoms with E-state index in [4.69, 9.17) is 9.47 Å². The molecule has 1 aromatic heterocycles. The molecule has 2 aliphatic heterocycles. The van der Waals surface area contributed by atoms with Crippen LogP contribution in [0.15, 0.2) is 30.5 Å². The van der Waals surface area contributed by atoms with Gasteiger partial charge in [-0.15, -0.1) is 0 Å². The molecule has 0 aromatic carbocycles. The van der Waals surface area contributed by atoms with Gasteiger partial charge in [0.05, 0.1) is 11.3 Å². The fourth-order valence-corrected chi connectivity index (χ4v) is 4.75. The van der Waals surface area contributed by atoms with E-state index in [1.165, 1.54) is 0 Å². The van der Waals surface area contributed by atoms with Crippen LogP contribution in [0.25, 0.3) is 6.08 Å². The lowest BCUT2D eigenvalue weighted by molar-refractivity contribution is -0.146. The standard InChI is InChI=1S/C27H39NO4/c1-20-9-8-16-26(4)27(5,32-26)21(12-13-22-10-6-7-18-28-22)19-31-24(30)15-17-25(2,3)23(29)14-11-20/h6-7,10,12-13,18,20-21H,8-9,11,14-17,19H2,1-5H3. The Bertz CT molecular complexity index is 833. The monoisotopic (exact) mass is 441 g/mol. The summed E-state index contributed by atoms with van der Waals surface area (Å²) in [5.41, 5.74) is -0.259. The van der Waals surface area contributed by atoms with Crippen LogP contribution in [0, 0.1) is 17.3 Å². The van der Waals surface area contributed by atoms with Crippen LogP contribution in [0.5, 0.6) is 0 Å². The number of fused-ring (bicyclic) bond motifs is 1. The number of aromatic nitrogens is 1. The molecule has 5 nitrogen and oxygen atoms in total. The number of hydrogen-bond donors (Lipinski definition) is 0. The average Bonchev–Trinajstić information content (AvgIpc) is 3.31. The van der Waals surface area contributed by atoms with Gasteiger partial charge in [0.15, 0.2) is 0 Å². The second-order valence-electron chi connectivity index (χ2n) is 10.7. The Morgan fingerprint density at radius 1 is 1.06 bits per heavy atom. The zero-order valence-electron chi connectivity index (χ0n) is 20.4. The number of Topliss-reactive ketones (excluding diaryl/α,β-unsaturated/α-hetero) is 1. The SMILES string of the molecule is CC1CCCC2(C)OC2(C)C(C=Cc2ccccn2)COC(=O)CCC(C)(C)C(=O)CC1. The van der Waals surface area contributed by atoms with Crippen molar-refractivity contribution in [3.8, 4) is 0 Å². The summed E-state index contributed by atoms with van der Waals surface area (Å²) in [6, 6.07) is 5.80. The Morgan fingerprint density at radius 3 is 2.56 bits per heavy atom. The Kier molecular flexibility index (Phi) is 7.59. The first-order valence-corrected chi connectivity index (χ1v) is 12.0. The van der Waals surface area contributed by atoms with E-state index in [1.54, 1.807) is 6.20 Å². The van der Waals surface area contributed by atoms with Gasteiger partial charge in [-0.05, 0) is 57.2 Å². The largest absolute Gasteiger partial charge is 0.465 e. The molecule has 0 saturated carbocycles. The van der Waals surface area contributed by atoms with Crippen LogP contribution in [0.4, 0.5) is 0 Å². The minimum Gasteiger partial charge on any atom is -0.465 e. The van der Waals surface area contributed by atoms with Gasteiger partial charge in [-0.1, -0.05) is 45.8 Å². The van der Waals surface area contributed by atoms with Gasteiger partial charge < -0.3 is 9.47 Å². The highest BCUT2D eigenvalue weighted by Gasteiger charge is 2.66. The van der Waals surface area contributed by atoms with Gasteiger partial charge in [-0.3, -0.25) is 14.6 Å². The molecule has 2 saturated heterocycles. The Hall–Kier alpha value is -2.01. The third kappa shape index (κ3) is 5.86. The summed E-state index contributed by atoms with van der Waals surface area (Å²) in [5.74, 6) is 0.415. The van der Waals surface area contributed by atoms with E-state index in [-0.39, 0.29) is 41.9 Å². The maximum atomic E-state index is 12.7. The molecular formula is C27H39NO4. The lowest BCUT2D eigenvalue weighted by Crippen LogP contribution is -2.32. The molecule has 0 amide bonds. The molecule has 1 aromatic rings. The number of pyridine rings is 1. The van der Waals surface area contributed by atoms with Gasteiger partial charge in [0.2, 0.25) is 0 Å².